The van der Waals surface area contributed by atoms with Crippen LogP contribution in [0.15, 0.2) is 0 Å². The van der Waals surface area contributed by atoms with Crippen molar-refractivity contribution in [3.63, 3.8) is 0 Å². The zero-order valence-electron chi connectivity index (χ0n) is 7.19. The minimum absolute atomic E-state index is 0.235. The second kappa shape index (κ2) is 2.99. The van der Waals surface area contributed by atoms with Gasteiger partial charge in [-0.2, -0.15) is 0 Å². The van der Waals surface area contributed by atoms with Gasteiger partial charge in [-0.15, -0.1) is 0 Å². The Morgan fingerprint density at radius 2 is 2.38 bits per heavy atom. The molecule has 1 amide bonds. The maximum atomic E-state index is 11.2. The molecule has 72 valence electrons. The fourth-order valence-corrected chi connectivity index (χ4v) is 2.14. The highest BCUT2D eigenvalue weighted by Crippen LogP contribution is 2.22. The van der Waals surface area contributed by atoms with Crippen LogP contribution in [-0.4, -0.2) is 47.1 Å². The molecule has 2 aliphatic heterocycles. The number of nitrogens with zero attached hydrogens (tertiary/aromatic N) is 1. The molecule has 5 heteroatoms. The van der Waals surface area contributed by atoms with Gasteiger partial charge in [-0.3, -0.25) is 9.69 Å². The molecule has 2 aliphatic rings. The molecule has 0 radical (unpaired) electrons. The largest absolute Gasteiger partial charge is 0.480 e. The number of carbonyl (C=O) groups excluding carboxylic acids is 1. The molecular formula is C8H12N2O3. The van der Waals surface area contributed by atoms with E-state index in [0.717, 1.165) is 19.4 Å². The van der Waals surface area contributed by atoms with Crippen molar-refractivity contribution in [2.75, 3.05) is 13.1 Å². The van der Waals surface area contributed by atoms with Crippen molar-refractivity contribution >= 4 is 11.9 Å². The van der Waals surface area contributed by atoms with Crippen molar-refractivity contribution in [3.8, 4) is 0 Å². The average molecular weight is 184 g/mol. The van der Waals surface area contributed by atoms with Crippen LogP contribution in [0.5, 0.6) is 0 Å². The van der Waals surface area contributed by atoms with Gasteiger partial charge in [0.2, 0.25) is 5.91 Å². The highest BCUT2D eigenvalue weighted by atomic mass is 16.4. The maximum absolute atomic E-state index is 11.2. The molecule has 5 nitrogen and oxygen atoms in total. The number of fused-ring (bicyclic) bond motifs is 1. The highest BCUT2D eigenvalue weighted by molar-refractivity contribution is 6.01. The lowest BCUT2D eigenvalue weighted by molar-refractivity contribution is -0.151. The second-order valence-electron chi connectivity index (χ2n) is 3.52. The molecule has 2 atom stereocenters. The number of hydrogen-bond acceptors (Lipinski definition) is 3. The third-order valence-corrected chi connectivity index (χ3v) is 2.75. The molecule has 0 saturated carbocycles. The Kier molecular flexibility index (Phi) is 1.95. The fourth-order valence-electron chi connectivity index (χ4n) is 2.14. The molecule has 2 rings (SSSR count). The third-order valence-electron chi connectivity index (χ3n) is 2.75. The van der Waals surface area contributed by atoms with E-state index in [1.54, 1.807) is 4.90 Å². The lowest BCUT2D eigenvalue weighted by atomic mass is 10.1. The Morgan fingerprint density at radius 3 is 3.08 bits per heavy atom. The normalized spacial score (nSPS) is 34.0. The maximum Gasteiger partial charge on any atom is 0.330 e. The van der Waals surface area contributed by atoms with Crippen LogP contribution >= 0.6 is 0 Å². The Bertz CT molecular complexity index is 254. The number of piperazine rings is 1. The van der Waals surface area contributed by atoms with Crippen LogP contribution in [0.1, 0.15) is 12.8 Å². The van der Waals surface area contributed by atoms with Crippen molar-refractivity contribution < 1.29 is 14.7 Å². The predicted octanol–water partition coefficient (Wildman–Crippen LogP) is -0.966. The van der Waals surface area contributed by atoms with E-state index in [1.807, 2.05) is 0 Å². The van der Waals surface area contributed by atoms with Gasteiger partial charge in [0.15, 0.2) is 6.04 Å². The molecule has 0 aromatic rings. The molecule has 2 saturated heterocycles. The summed E-state index contributed by atoms with van der Waals surface area (Å²) >= 11 is 0. The summed E-state index contributed by atoms with van der Waals surface area (Å²) in [6.07, 6.45) is 1.98. The van der Waals surface area contributed by atoms with E-state index in [-0.39, 0.29) is 11.9 Å². The number of amides is 1. The van der Waals surface area contributed by atoms with E-state index in [0.29, 0.717) is 6.54 Å². The van der Waals surface area contributed by atoms with E-state index in [2.05, 4.69) is 5.32 Å². The minimum Gasteiger partial charge on any atom is -0.480 e. The van der Waals surface area contributed by atoms with Gasteiger partial charge in [0, 0.05) is 12.6 Å². The molecular weight excluding hydrogens is 172 g/mol. The van der Waals surface area contributed by atoms with Crippen LogP contribution in [0.4, 0.5) is 0 Å². The van der Waals surface area contributed by atoms with Crippen LogP contribution in [0.2, 0.25) is 0 Å². The number of rotatable bonds is 1. The quantitative estimate of drug-likeness (QED) is 0.515. The van der Waals surface area contributed by atoms with Gasteiger partial charge >= 0.3 is 5.97 Å². The summed E-state index contributed by atoms with van der Waals surface area (Å²) in [4.78, 5) is 23.8. The minimum atomic E-state index is -1.04. The Hall–Kier alpha value is -1.10. The summed E-state index contributed by atoms with van der Waals surface area (Å²) in [6, 6.07) is -0.722. The molecule has 1 unspecified atom stereocenters. The first kappa shape index (κ1) is 8.50. The van der Waals surface area contributed by atoms with Crippen molar-refractivity contribution in [2.24, 2.45) is 0 Å². The van der Waals surface area contributed by atoms with Crippen molar-refractivity contribution in [3.05, 3.63) is 0 Å². The molecule has 0 bridgehead atoms. The predicted molar refractivity (Wildman–Crippen MR) is 44.2 cm³/mol. The van der Waals surface area contributed by atoms with Gasteiger partial charge in [-0.1, -0.05) is 0 Å². The third kappa shape index (κ3) is 1.29. The average Bonchev–Trinajstić information content (AvgIpc) is 2.50. The van der Waals surface area contributed by atoms with Crippen LogP contribution < -0.4 is 5.32 Å². The highest BCUT2D eigenvalue weighted by Gasteiger charge is 2.42. The smallest absolute Gasteiger partial charge is 0.330 e. The van der Waals surface area contributed by atoms with Crippen molar-refractivity contribution in [1.29, 1.82) is 0 Å². The fraction of sp³-hybridized carbons (Fsp3) is 0.750. The summed E-state index contributed by atoms with van der Waals surface area (Å²) in [5.74, 6) is -1.41. The van der Waals surface area contributed by atoms with Crippen LogP contribution in [0.3, 0.4) is 0 Å². The van der Waals surface area contributed by atoms with Gasteiger partial charge in [-0.25, -0.2) is 4.79 Å². The van der Waals surface area contributed by atoms with E-state index < -0.39 is 12.0 Å². The zero-order valence-corrected chi connectivity index (χ0v) is 7.19. The molecule has 0 spiro atoms. The van der Waals surface area contributed by atoms with Crippen molar-refractivity contribution in [1.82, 2.24) is 10.2 Å². The molecule has 2 fully saturated rings. The number of carboxylic acids is 1. The number of nitrogens with one attached hydrogen (secondary N) is 1. The van der Waals surface area contributed by atoms with Gasteiger partial charge in [0.25, 0.3) is 0 Å². The van der Waals surface area contributed by atoms with E-state index in [1.165, 1.54) is 0 Å². The summed E-state index contributed by atoms with van der Waals surface area (Å²) in [5.41, 5.74) is 0. The first-order valence-electron chi connectivity index (χ1n) is 4.46. The number of hydrogen-bond donors (Lipinski definition) is 2. The van der Waals surface area contributed by atoms with Crippen LogP contribution in [0.25, 0.3) is 0 Å². The number of aliphatic carboxylic acids is 1. The van der Waals surface area contributed by atoms with Gasteiger partial charge < -0.3 is 10.4 Å². The first-order valence-corrected chi connectivity index (χ1v) is 4.46. The van der Waals surface area contributed by atoms with Crippen LogP contribution in [0, 0.1) is 0 Å². The molecule has 0 aromatic heterocycles. The monoisotopic (exact) mass is 184 g/mol. The van der Waals surface area contributed by atoms with Gasteiger partial charge in [-0.05, 0) is 19.4 Å². The Balaban J connectivity index is 2.20. The van der Waals surface area contributed by atoms with E-state index >= 15 is 0 Å². The molecule has 2 heterocycles. The molecule has 0 aliphatic carbocycles. The van der Waals surface area contributed by atoms with Crippen molar-refractivity contribution in [2.45, 2.75) is 24.9 Å². The number of carbonyl (C=O) groups is 2. The summed E-state index contributed by atoms with van der Waals surface area (Å²) < 4.78 is 0. The molecule has 13 heavy (non-hydrogen) atoms. The Morgan fingerprint density at radius 1 is 1.62 bits per heavy atom. The summed E-state index contributed by atoms with van der Waals surface area (Å²) in [6.45, 7) is 1.33. The van der Waals surface area contributed by atoms with E-state index in [9.17, 15) is 9.59 Å². The Labute approximate surface area is 75.7 Å². The molecule has 2 N–H and O–H groups in total. The van der Waals surface area contributed by atoms with Gasteiger partial charge in [0.05, 0.1) is 0 Å². The zero-order chi connectivity index (χ0) is 9.42. The lowest BCUT2D eigenvalue weighted by Gasteiger charge is -2.34. The summed E-state index contributed by atoms with van der Waals surface area (Å²) in [7, 11) is 0. The van der Waals surface area contributed by atoms with E-state index in [4.69, 9.17) is 5.11 Å². The molecule has 0 aromatic carbocycles. The van der Waals surface area contributed by atoms with Crippen LogP contribution in [-0.2, 0) is 9.59 Å². The summed E-state index contributed by atoms with van der Waals surface area (Å²) in [5, 5.41) is 11.5. The second-order valence-corrected chi connectivity index (χ2v) is 3.52. The SMILES string of the molecule is O=C(O)C1C(=O)NC[C@@H]2CCCN12. The lowest BCUT2D eigenvalue weighted by Crippen LogP contribution is -2.60. The standard InChI is InChI=1S/C8H12N2O3/c11-7-6(8(12)13)10-3-1-2-5(10)4-9-7/h5-6H,1-4H2,(H,9,11)(H,12,13)/t5-,6?/m0/s1. The first-order chi connectivity index (χ1) is 6.20. The number of carboxylic acid groups (broad SMARTS) is 1. The topological polar surface area (TPSA) is 69.6 Å². The van der Waals surface area contributed by atoms with Gasteiger partial charge in [0.1, 0.15) is 0 Å².